The first-order chi connectivity index (χ1) is 16.0. The van der Waals surface area contributed by atoms with Crippen molar-refractivity contribution in [3.63, 3.8) is 0 Å². The average molecular weight is 448 g/mol. The molecule has 0 unspecified atom stereocenters. The van der Waals surface area contributed by atoms with E-state index in [9.17, 15) is 14.4 Å². The number of nitrogens with zero attached hydrogens (tertiary/aromatic N) is 2. The maximum Gasteiger partial charge on any atom is 0.330 e. The highest BCUT2D eigenvalue weighted by Gasteiger charge is 2.28. The fraction of sp³-hybridized carbons (Fsp3) is 0.208. The SMILES string of the molecule is COCCN(C(=O)C1=Cc2ccccc2OC1)c1c(N)n(Cc2ccccc2)c(=O)[nH]c1=O. The van der Waals surface area contributed by atoms with E-state index in [4.69, 9.17) is 15.2 Å². The largest absolute Gasteiger partial charge is 0.488 e. The molecule has 1 amide bonds. The van der Waals surface area contributed by atoms with Crippen molar-refractivity contribution in [3.05, 3.63) is 92.1 Å². The summed E-state index contributed by atoms with van der Waals surface area (Å²) in [4.78, 5) is 42.4. The lowest BCUT2D eigenvalue weighted by Gasteiger charge is -2.26. The Hall–Kier alpha value is -4.11. The molecule has 0 spiro atoms. The molecular formula is C24H24N4O5. The van der Waals surface area contributed by atoms with Gasteiger partial charge >= 0.3 is 5.69 Å². The van der Waals surface area contributed by atoms with E-state index in [1.165, 1.54) is 16.6 Å². The third-order valence-corrected chi connectivity index (χ3v) is 5.34. The third kappa shape index (κ3) is 4.58. The predicted octanol–water partition coefficient (Wildman–Crippen LogP) is 1.62. The molecule has 1 aromatic heterocycles. The minimum atomic E-state index is -0.746. The minimum absolute atomic E-state index is 0.0425. The van der Waals surface area contributed by atoms with Crippen LogP contribution in [0.1, 0.15) is 11.1 Å². The van der Waals surface area contributed by atoms with E-state index in [1.54, 1.807) is 6.08 Å². The number of carbonyl (C=O) groups is 1. The number of nitrogens with two attached hydrogens (primary N) is 1. The zero-order chi connectivity index (χ0) is 23.4. The fourth-order valence-corrected chi connectivity index (χ4v) is 3.67. The summed E-state index contributed by atoms with van der Waals surface area (Å²) in [5.74, 6) is 0.115. The van der Waals surface area contributed by atoms with Gasteiger partial charge in [-0.1, -0.05) is 48.5 Å². The van der Waals surface area contributed by atoms with E-state index in [2.05, 4.69) is 4.98 Å². The van der Waals surface area contributed by atoms with Crippen LogP contribution in [-0.4, -0.2) is 42.3 Å². The van der Waals surface area contributed by atoms with Gasteiger partial charge in [-0.2, -0.15) is 0 Å². The Balaban J connectivity index is 1.77. The number of fused-ring (bicyclic) bond motifs is 1. The molecule has 0 atom stereocenters. The standard InChI is InChI=1S/C24H24N4O5/c1-32-12-11-27(23(30)18-13-17-9-5-6-10-19(17)33-15-18)20-21(25)28(24(31)26-22(20)29)14-16-7-3-2-4-8-16/h2-10,13H,11-12,14-15,25H2,1H3,(H,26,29,31). The van der Waals surface area contributed by atoms with Crippen LogP contribution in [-0.2, 0) is 16.1 Å². The molecule has 9 nitrogen and oxygen atoms in total. The number of hydrogen-bond acceptors (Lipinski definition) is 6. The summed E-state index contributed by atoms with van der Waals surface area (Å²) in [5.41, 5.74) is 6.73. The molecule has 9 heteroatoms. The van der Waals surface area contributed by atoms with E-state index in [1.807, 2.05) is 54.6 Å². The number of rotatable bonds is 7. The lowest BCUT2D eigenvalue weighted by atomic mass is 10.1. The summed E-state index contributed by atoms with van der Waals surface area (Å²) in [7, 11) is 1.49. The summed E-state index contributed by atoms with van der Waals surface area (Å²) >= 11 is 0. The maximum atomic E-state index is 13.5. The van der Waals surface area contributed by atoms with Crippen LogP contribution in [0.4, 0.5) is 11.5 Å². The number of carbonyl (C=O) groups excluding carboxylic acids is 1. The van der Waals surface area contributed by atoms with E-state index < -0.39 is 17.2 Å². The number of aromatic nitrogens is 2. The molecule has 0 bridgehead atoms. The van der Waals surface area contributed by atoms with Gasteiger partial charge < -0.3 is 15.2 Å². The van der Waals surface area contributed by atoms with Crippen LogP contribution < -0.4 is 26.6 Å². The molecule has 0 aliphatic carbocycles. The van der Waals surface area contributed by atoms with Crippen LogP contribution in [0.3, 0.4) is 0 Å². The Morgan fingerprint density at radius 1 is 1.15 bits per heavy atom. The topological polar surface area (TPSA) is 120 Å². The second-order valence-corrected chi connectivity index (χ2v) is 7.51. The van der Waals surface area contributed by atoms with Crippen LogP contribution in [0.15, 0.2) is 69.8 Å². The normalized spacial score (nSPS) is 12.5. The van der Waals surface area contributed by atoms with Crippen molar-refractivity contribution in [1.82, 2.24) is 9.55 Å². The fourth-order valence-electron chi connectivity index (χ4n) is 3.67. The van der Waals surface area contributed by atoms with Gasteiger partial charge in [-0.3, -0.25) is 24.0 Å². The third-order valence-electron chi connectivity index (χ3n) is 5.34. The molecule has 0 fully saturated rings. The number of aromatic amines is 1. The molecule has 2 heterocycles. The van der Waals surface area contributed by atoms with Crippen molar-refractivity contribution in [2.75, 3.05) is 37.5 Å². The summed E-state index contributed by atoms with van der Waals surface area (Å²) in [6.45, 7) is 0.403. The van der Waals surface area contributed by atoms with Gasteiger partial charge in [0.15, 0.2) is 5.69 Å². The van der Waals surface area contributed by atoms with Crippen molar-refractivity contribution in [3.8, 4) is 5.75 Å². The zero-order valence-electron chi connectivity index (χ0n) is 18.1. The number of para-hydroxylation sites is 1. The molecule has 1 aliphatic rings. The molecular weight excluding hydrogens is 424 g/mol. The molecule has 2 aromatic carbocycles. The van der Waals surface area contributed by atoms with E-state index in [0.29, 0.717) is 11.3 Å². The van der Waals surface area contributed by atoms with Gasteiger partial charge in [-0.15, -0.1) is 0 Å². The summed E-state index contributed by atoms with van der Waals surface area (Å²) in [6, 6.07) is 16.6. The van der Waals surface area contributed by atoms with Crippen molar-refractivity contribution in [2.24, 2.45) is 0 Å². The van der Waals surface area contributed by atoms with Crippen LogP contribution in [0.5, 0.6) is 5.75 Å². The number of ether oxygens (including phenoxy) is 2. The Kier molecular flexibility index (Phi) is 6.41. The number of amides is 1. The molecule has 33 heavy (non-hydrogen) atoms. The van der Waals surface area contributed by atoms with Crippen LogP contribution in [0, 0.1) is 0 Å². The van der Waals surface area contributed by atoms with Gasteiger partial charge in [0.05, 0.1) is 18.7 Å². The molecule has 3 aromatic rings. The van der Waals surface area contributed by atoms with E-state index in [0.717, 1.165) is 11.1 Å². The van der Waals surface area contributed by atoms with Crippen LogP contribution in [0.2, 0.25) is 0 Å². The van der Waals surface area contributed by atoms with Gasteiger partial charge in [0.2, 0.25) is 0 Å². The molecule has 3 N–H and O–H groups in total. The Morgan fingerprint density at radius 2 is 1.88 bits per heavy atom. The number of H-pyrrole nitrogens is 1. The highest BCUT2D eigenvalue weighted by molar-refractivity contribution is 6.10. The monoisotopic (exact) mass is 448 g/mol. The highest BCUT2D eigenvalue weighted by atomic mass is 16.5. The first-order valence-electron chi connectivity index (χ1n) is 10.4. The van der Waals surface area contributed by atoms with Crippen LogP contribution in [0.25, 0.3) is 6.08 Å². The summed E-state index contributed by atoms with van der Waals surface area (Å²) < 4.78 is 12.1. The smallest absolute Gasteiger partial charge is 0.330 e. The van der Waals surface area contributed by atoms with Crippen molar-refractivity contribution < 1.29 is 14.3 Å². The predicted molar refractivity (Wildman–Crippen MR) is 125 cm³/mol. The number of nitrogens with one attached hydrogen (secondary N) is 1. The van der Waals surface area contributed by atoms with Crippen molar-refractivity contribution in [2.45, 2.75) is 6.54 Å². The maximum absolute atomic E-state index is 13.5. The van der Waals surface area contributed by atoms with Gasteiger partial charge in [0.25, 0.3) is 11.5 Å². The van der Waals surface area contributed by atoms with Crippen LogP contribution >= 0.6 is 0 Å². The number of anilines is 2. The molecule has 170 valence electrons. The molecule has 4 rings (SSSR count). The van der Waals surface area contributed by atoms with Gasteiger partial charge in [0.1, 0.15) is 18.2 Å². The van der Waals surface area contributed by atoms with E-state index in [-0.39, 0.29) is 37.8 Å². The zero-order valence-corrected chi connectivity index (χ0v) is 18.1. The minimum Gasteiger partial charge on any atom is -0.488 e. The lowest BCUT2D eigenvalue weighted by molar-refractivity contribution is -0.115. The second kappa shape index (κ2) is 9.58. The number of benzene rings is 2. The number of hydrogen-bond donors (Lipinski definition) is 2. The second-order valence-electron chi connectivity index (χ2n) is 7.51. The Bertz CT molecular complexity index is 1310. The lowest BCUT2D eigenvalue weighted by Crippen LogP contribution is -2.43. The Morgan fingerprint density at radius 3 is 2.64 bits per heavy atom. The van der Waals surface area contributed by atoms with Gasteiger partial charge in [-0.25, -0.2) is 4.79 Å². The highest BCUT2D eigenvalue weighted by Crippen LogP contribution is 2.28. The van der Waals surface area contributed by atoms with Gasteiger partial charge in [0, 0.05) is 19.2 Å². The summed E-state index contributed by atoms with van der Waals surface area (Å²) in [6.07, 6.45) is 1.73. The Labute approximate surface area is 189 Å². The summed E-state index contributed by atoms with van der Waals surface area (Å²) in [5, 5.41) is 0. The number of nitrogen functional groups attached to an aromatic ring is 1. The first-order valence-corrected chi connectivity index (χ1v) is 10.4. The van der Waals surface area contributed by atoms with Gasteiger partial charge in [-0.05, 0) is 17.7 Å². The average Bonchev–Trinajstić information content (AvgIpc) is 2.83. The molecule has 1 aliphatic heterocycles. The van der Waals surface area contributed by atoms with E-state index >= 15 is 0 Å². The quantitative estimate of drug-likeness (QED) is 0.567. The molecule has 0 saturated heterocycles. The molecule has 0 saturated carbocycles. The number of methoxy groups -OCH3 is 1. The van der Waals surface area contributed by atoms with Crippen molar-refractivity contribution >= 4 is 23.5 Å². The van der Waals surface area contributed by atoms with Crippen molar-refractivity contribution in [1.29, 1.82) is 0 Å². The molecule has 0 radical (unpaired) electrons. The first kappa shape index (κ1) is 22.1.